The Morgan fingerprint density at radius 2 is 1.78 bits per heavy atom. The summed E-state index contributed by atoms with van der Waals surface area (Å²) in [4.78, 5) is 0. The van der Waals surface area contributed by atoms with Gasteiger partial charge in [-0.2, -0.15) is 10.2 Å². The number of thiocarbonyl (C=S) groups is 1. The Labute approximate surface area is 165 Å². The van der Waals surface area contributed by atoms with Crippen LogP contribution in [0.2, 0.25) is 0 Å². The molecule has 0 amide bonds. The Balaban J connectivity index is 1.65. The number of hydrogen-bond donors (Lipinski definition) is 2. The van der Waals surface area contributed by atoms with Crippen LogP contribution in [-0.4, -0.2) is 24.7 Å². The molecular formula is C20H26N6S. The average Bonchev–Trinajstić information content (AvgIpc) is 3.08. The summed E-state index contributed by atoms with van der Waals surface area (Å²) < 4.78 is 3.87. The first-order chi connectivity index (χ1) is 12.8. The lowest BCUT2D eigenvalue weighted by Gasteiger charge is -2.10. The van der Waals surface area contributed by atoms with Gasteiger partial charge < -0.3 is 10.6 Å². The van der Waals surface area contributed by atoms with Gasteiger partial charge in [0.25, 0.3) is 0 Å². The van der Waals surface area contributed by atoms with Crippen molar-refractivity contribution in [2.24, 2.45) is 7.05 Å². The van der Waals surface area contributed by atoms with Crippen molar-refractivity contribution in [1.29, 1.82) is 0 Å². The predicted molar refractivity (Wildman–Crippen MR) is 113 cm³/mol. The van der Waals surface area contributed by atoms with E-state index in [9.17, 15) is 0 Å². The van der Waals surface area contributed by atoms with Crippen LogP contribution in [0.4, 0.5) is 5.69 Å². The van der Waals surface area contributed by atoms with Gasteiger partial charge in [-0.25, -0.2) is 0 Å². The Bertz CT molecular complexity index is 932. The zero-order chi connectivity index (χ0) is 19.6. The van der Waals surface area contributed by atoms with Crippen LogP contribution >= 0.6 is 12.2 Å². The number of aryl methyl sites for hydroxylation is 4. The topological polar surface area (TPSA) is 59.7 Å². The first-order valence-electron chi connectivity index (χ1n) is 8.97. The third-order valence-electron chi connectivity index (χ3n) is 4.67. The maximum absolute atomic E-state index is 5.45. The third kappa shape index (κ3) is 4.54. The molecule has 0 spiro atoms. The minimum absolute atomic E-state index is 0.569. The second kappa shape index (κ2) is 7.92. The molecule has 2 heterocycles. The first kappa shape index (κ1) is 19.1. The molecule has 0 radical (unpaired) electrons. The van der Waals surface area contributed by atoms with Crippen LogP contribution in [0, 0.1) is 27.7 Å². The third-order valence-corrected chi connectivity index (χ3v) is 4.91. The van der Waals surface area contributed by atoms with Crippen LogP contribution in [0.25, 0.3) is 0 Å². The number of anilines is 1. The van der Waals surface area contributed by atoms with E-state index < -0.39 is 0 Å². The lowest BCUT2D eigenvalue weighted by Crippen LogP contribution is -2.28. The van der Waals surface area contributed by atoms with E-state index in [1.54, 1.807) is 0 Å². The largest absolute Gasteiger partial charge is 0.357 e. The molecule has 0 aliphatic rings. The molecule has 0 fully saturated rings. The Morgan fingerprint density at radius 3 is 2.41 bits per heavy atom. The standard InChI is InChI=1S/C20H26N6S/c1-13-6-8-17(9-7-13)12-26-16(4)19(15(3)23-26)22-20(27)21-11-18-10-14(2)25(5)24-18/h6-10H,11-12H2,1-5H3,(H2,21,22,27). The summed E-state index contributed by atoms with van der Waals surface area (Å²) in [5.74, 6) is 0. The van der Waals surface area contributed by atoms with Gasteiger partial charge in [-0.05, 0) is 51.5 Å². The fraction of sp³-hybridized carbons (Fsp3) is 0.350. The predicted octanol–water partition coefficient (Wildman–Crippen LogP) is 3.39. The van der Waals surface area contributed by atoms with Gasteiger partial charge in [0.15, 0.2) is 5.11 Å². The minimum Gasteiger partial charge on any atom is -0.357 e. The van der Waals surface area contributed by atoms with Crippen molar-refractivity contribution in [2.45, 2.75) is 40.8 Å². The van der Waals surface area contributed by atoms with E-state index in [0.717, 1.165) is 35.0 Å². The van der Waals surface area contributed by atoms with Crippen LogP contribution in [-0.2, 0) is 20.1 Å². The van der Waals surface area contributed by atoms with Crippen molar-refractivity contribution < 1.29 is 0 Å². The van der Waals surface area contributed by atoms with E-state index in [0.29, 0.717) is 11.7 Å². The van der Waals surface area contributed by atoms with Crippen LogP contribution in [0.15, 0.2) is 30.3 Å². The molecule has 0 atom stereocenters. The van der Waals surface area contributed by atoms with Crippen molar-refractivity contribution in [3.05, 3.63) is 64.2 Å². The molecule has 3 aromatic rings. The zero-order valence-corrected chi connectivity index (χ0v) is 17.3. The molecular weight excluding hydrogens is 356 g/mol. The quantitative estimate of drug-likeness (QED) is 0.663. The van der Waals surface area contributed by atoms with E-state index in [1.807, 2.05) is 36.3 Å². The van der Waals surface area contributed by atoms with Crippen molar-refractivity contribution in [2.75, 3.05) is 5.32 Å². The summed E-state index contributed by atoms with van der Waals surface area (Å²) in [5.41, 5.74) is 7.51. The molecule has 0 saturated heterocycles. The van der Waals surface area contributed by atoms with Crippen LogP contribution < -0.4 is 10.6 Å². The normalized spacial score (nSPS) is 10.9. The molecule has 3 rings (SSSR count). The molecule has 0 bridgehead atoms. The fourth-order valence-electron chi connectivity index (χ4n) is 2.95. The SMILES string of the molecule is Cc1ccc(Cn2nc(C)c(NC(=S)NCc3cc(C)n(C)n3)c2C)cc1. The summed E-state index contributed by atoms with van der Waals surface area (Å²) in [7, 11) is 1.94. The van der Waals surface area contributed by atoms with E-state index in [4.69, 9.17) is 12.2 Å². The molecule has 2 aromatic heterocycles. The van der Waals surface area contributed by atoms with Gasteiger partial charge in [-0.3, -0.25) is 9.36 Å². The average molecular weight is 383 g/mol. The lowest BCUT2D eigenvalue weighted by molar-refractivity contribution is 0.659. The highest BCUT2D eigenvalue weighted by molar-refractivity contribution is 7.80. The maximum atomic E-state index is 5.45. The van der Waals surface area contributed by atoms with Gasteiger partial charge in [0, 0.05) is 12.7 Å². The lowest BCUT2D eigenvalue weighted by atomic mass is 10.1. The number of rotatable bonds is 5. The van der Waals surface area contributed by atoms with Gasteiger partial charge in [0.2, 0.25) is 0 Å². The van der Waals surface area contributed by atoms with Crippen molar-refractivity contribution in [3.63, 3.8) is 0 Å². The maximum Gasteiger partial charge on any atom is 0.171 e. The number of nitrogens with one attached hydrogen (secondary N) is 2. The fourth-order valence-corrected chi connectivity index (χ4v) is 3.12. The van der Waals surface area contributed by atoms with Gasteiger partial charge in [-0.1, -0.05) is 29.8 Å². The highest BCUT2D eigenvalue weighted by atomic mass is 32.1. The molecule has 6 nitrogen and oxygen atoms in total. The Kier molecular flexibility index (Phi) is 5.60. The number of hydrogen-bond acceptors (Lipinski definition) is 3. The summed E-state index contributed by atoms with van der Waals surface area (Å²) in [6.07, 6.45) is 0. The molecule has 27 heavy (non-hydrogen) atoms. The van der Waals surface area contributed by atoms with Crippen molar-refractivity contribution >= 4 is 23.0 Å². The molecule has 1 aromatic carbocycles. The molecule has 0 saturated carbocycles. The van der Waals surface area contributed by atoms with Crippen LogP contribution in [0.3, 0.4) is 0 Å². The first-order valence-corrected chi connectivity index (χ1v) is 9.38. The highest BCUT2D eigenvalue weighted by Gasteiger charge is 2.13. The molecule has 7 heteroatoms. The van der Waals surface area contributed by atoms with E-state index >= 15 is 0 Å². The van der Waals surface area contributed by atoms with Gasteiger partial charge in [0.1, 0.15) is 0 Å². The summed E-state index contributed by atoms with van der Waals surface area (Å²) in [6, 6.07) is 10.6. The second-order valence-corrected chi connectivity index (χ2v) is 7.31. The van der Waals surface area contributed by atoms with Crippen molar-refractivity contribution in [1.82, 2.24) is 24.9 Å². The van der Waals surface area contributed by atoms with E-state index in [2.05, 4.69) is 58.9 Å². The smallest absolute Gasteiger partial charge is 0.171 e. The summed E-state index contributed by atoms with van der Waals surface area (Å²) in [6.45, 7) is 9.50. The van der Waals surface area contributed by atoms with Gasteiger partial charge in [-0.15, -0.1) is 0 Å². The van der Waals surface area contributed by atoms with Gasteiger partial charge >= 0.3 is 0 Å². The molecule has 0 unspecified atom stereocenters. The molecule has 0 aliphatic carbocycles. The number of benzene rings is 1. The van der Waals surface area contributed by atoms with E-state index in [1.165, 1.54) is 11.1 Å². The highest BCUT2D eigenvalue weighted by Crippen LogP contribution is 2.20. The van der Waals surface area contributed by atoms with Crippen LogP contribution in [0.5, 0.6) is 0 Å². The Hall–Kier alpha value is -2.67. The summed E-state index contributed by atoms with van der Waals surface area (Å²) in [5, 5.41) is 16.2. The second-order valence-electron chi connectivity index (χ2n) is 6.90. The molecule has 0 aliphatic heterocycles. The van der Waals surface area contributed by atoms with Crippen molar-refractivity contribution in [3.8, 4) is 0 Å². The van der Waals surface area contributed by atoms with E-state index in [-0.39, 0.29) is 0 Å². The van der Waals surface area contributed by atoms with Crippen LogP contribution in [0.1, 0.15) is 33.9 Å². The number of aromatic nitrogens is 4. The minimum atomic E-state index is 0.569. The Morgan fingerprint density at radius 1 is 1.07 bits per heavy atom. The summed E-state index contributed by atoms with van der Waals surface area (Å²) >= 11 is 5.45. The zero-order valence-electron chi connectivity index (χ0n) is 16.5. The van der Waals surface area contributed by atoms with Gasteiger partial charge in [0.05, 0.1) is 35.9 Å². The monoisotopic (exact) mass is 382 g/mol. The molecule has 2 N–H and O–H groups in total. The molecule has 142 valence electrons. The number of nitrogens with zero attached hydrogens (tertiary/aromatic N) is 4.